The predicted octanol–water partition coefficient (Wildman–Crippen LogP) is 3.96. The summed E-state index contributed by atoms with van der Waals surface area (Å²) in [6.45, 7) is 4.14. The van der Waals surface area contributed by atoms with Gasteiger partial charge in [-0.2, -0.15) is 0 Å². The average Bonchev–Trinajstić information content (AvgIpc) is 3.01. The third-order valence-corrected chi connectivity index (χ3v) is 5.59. The number of benzene rings is 1. The number of rotatable bonds is 3. The van der Waals surface area contributed by atoms with Crippen molar-refractivity contribution in [1.82, 2.24) is 9.47 Å². The first kappa shape index (κ1) is 18.4. The highest BCUT2D eigenvalue weighted by atomic mass is 32.2. The highest BCUT2D eigenvalue weighted by molar-refractivity contribution is 8.18. The first-order valence-corrected chi connectivity index (χ1v) is 8.88. The van der Waals surface area contributed by atoms with Crippen LogP contribution in [0.3, 0.4) is 0 Å². The minimum absolute atomic E-state index is 0.0926. The Labute approximate surface area is 155 Å². The summed E-state index contributed by atoms with van der Waals surface area (Å²) in [4.78, 5) is 18.5. The van der Waals surface area contributed by atoms with Crippen LogP contribution in [0.5, 0.6) is 0 Å². The maximum absolute atomic E-state index is 14.0. The summed E-state index contributed by atoms with van der Waals surface area (Å²) in [6, 6.07) is 5.56. The number of hydrogen-bond donors (Lipinski definition) is 0. The van der Waals surface area contributed by atoms with Gasteiger partial charge >= 0.3 is 0 Å². The number of aromatic nitrogens is 1. The van der Waals surface area contributed by atoms with Gasteiger partial charge in [-0.3, -0.25) is 14.7 Å². The highest BCUT2D eigenvalue weighted by Gasteiger charge is 2.30. The zero-order valence-electron chi connectivity index (χ0n) is 15.0. The summed E-state index contributed by atoms with van der Waals surface area (Å²) in [7, 11) is 3.34. The second kappa shape index (κ2) is 7.07. The van der Waals surface area contributed by atoms with Crippen LogP contribution in [0.2, 0.25) is 0 Å². The lowest BCUT2D eigenvalue weighted by Gasteiger charge is -2.10. The van der Waals surface area contributed by atoms with Gasteiger partial charge in [0.05, 0.1) is 11.4 Å². The third-order valence-electron chi connectivity index (χ3n) is 4.44. The monoisotopic (exact) mass is 375 g/mol. The molecule has 0 spiro atoms. The molecule has 1 aliphatic rings. The van der Waals surface area contributed by atoms with Crippen LogP contribution in [0.25, 0.3) is 6.08 Å². The number of likely N-dealkylation sites (N-methyl/N-ethyl adjacent to an activating group) is 1. The molecule has 1 aromatic heterocycles. The van der Waals surface area contributed by atoms with Gasteiger partial charge in [0.1, 0.15) is 11.6 Å². The Bertz CT molecular complexity index is 947. The smallest absolute Gasteiger partial charge is 0.266 e. The number of halogens is 2. The van der Waals surface area contributed by atoms with Crippen molar-refractivity contribution in [2.45, 2.75) is 20.4 Å². The van der Waals surface area contributed by atoms with E-state index < -0.39 is 11.6 Å². The summed E-state index contributed by atoms with van der Waals surface area (Å²) in [6.07, 6.45) is 1.83. The molecule has 1 aliphatic heterocycles. The topological polar surface area (TPSA) is 37.6 Å². The van der Waals surface area contributed by atoms with Crippen LogP contribution in [-0.2, 0) is 11.3 Å². The largest absolute Gasteiger partial charge is 0.344 e. The van der Waals surface area contributed by atoms with Crippen molar-refractivity contribution in [3.8, 4) is 0 Å². The van der Waals surface area contributed by atoms with Gasteiger partial charge < -0.3 is 4.57 Å². The molecule has 0 unspecified atom stereocenters. The van der Waals surface area contributed by atoms with Crippen molar-refractivity contribution in [2.75, 3.05) is 14.1 Å². The van der Waals surface area contributed by atoms with Gasteiger partial charge in [0, 0.05) is 37.1 Å². The molecule has 1 amide bonds. The Kier molecular flexibility index (Phi) is 5.00. The van der Waals surface area contributed by atoms with E-state index in [-0.39, 0.29) is 5.91 Å². The lowest BCUT2D eigenvalue weighted by Crippen LogP contribution is -2.23. The second-order valence-corrected chi connectivity index (χ2v) is 7.14. The average molecular weight is 375 g/mol. The number of aliphatic imine (C=N–C) groups is 1. The molecule has 0 aliphatic carbocycles. The molecule has 0 saturated carbocycles. The van der Waals surface area contributed by atoms with Crippen molar-refractivity contribution >= 4 is 28.9 Å². The van der Waals surface area contributed by atoms with E-state index in [4.69, 9.17) is 0 Å². The van der Waals surface area contributed by atoms with Crippen LogP contribution in [0.4, 0.5) is 8.78 Å². The number of amidine groups is 1. The molecule has 136 valence electrons. The van der Waals surface area contributed by atoms with E-state index in [1.807, 2.05) is 30.6 Å². The van der Waals surface area contributed by atoms with Crippen molar-refractivity contribution in [3.05, 3.63) is 63.3 Å². The van der Waals surface area contributed by atoms with Gasteiger partial charge in [-0.25, -0.2) is 8.78 Å². The Morgan fingerprint density at radius 1 is 1.23 bits per heavy atom. The van der Waals surface area contributed by atoms with Gasteiger partial charge in [0.15, 0.2) is 5.17 Å². The summed E-state index contributed by atoms with van der Waals surface area (Å²) < 4.78 is 29.0. The number of aryl methyl sites for hydroxylation is 1. The van der Waals surface area contributed by atoms with Gasteiger partial charge in [-0.1, -0.05) is 6.07 Å². The van der Waals surface area contributed by atoms with E-state index in [0.717, 1.165) is 23.0 Å². The van der Waals surface area contributed by atoms with Crippen LogP contribution in [0.15, 0.2) is 34.2 Å². The SMILES string of the molecule is CN=C1S/C(=C/c2cc(C)n(Cc3ccc(F)cc3F)c2C)C(=O)N1C. The number of carbonyl (C=O) groups excluding carboxylic acids is 1. The van der Waals surface area contributed by atoms with Crippen molar-refractivity contribution in [1.29, 1.82) is 0 Å². The van der Waals surface area contributed by atoms with E-state index in [0.29, 0.717) is 22.2 Å². The summed E-state index contributed by atoms with van der Waals surface area (Å²) in [5.41, 5.74) is 3.16. The molecule has 0 radical (unpaired) electrons. The second-order valence-electron chi connectivity index (χ2n) is 6.13. The summed E-state index contributed by atoms with van der Waals surface area (Å²) >= 11 is 1.33. The number of amides is 1. The van der Waals surface area contributed by atoms with Crippen molar-refractivity contribution in [3.63, 3.8) is 0 Å². The predicted molar refractivity (Wildman–Crippen MR) is 101 cm³/mol. The Morgan fingerprint density at radius 3 is 2.58 bits per heavy atom. The van der Waals surface area contributed by atoms with E-state index in [9.17, 15) is 13.6 Å². The minimum atomic E-state index is -0.591. The first-order valence-electron chi connectivity index (χ1n) is 8.07. The fourth-order valence-electron chi connectivity index (χ4n) is 2.93. The molecule has 3 rings (SSSR count). The van der Waals surface area contributed by atoms with E-state index >= 15 is 0 Å². The van der Waals surface area contributed by atoms with Crippen LogP contribution >= 0.6 is 11.8 Å². The quantitative estimate of drug-likeness (QED) is 0.762. The molecule has 1 saturated heterocycles. The Morgan fingerprint density at radius 2 is 1.96 bits per heavy atom. The molecule has 26 heavy (non-hydrogen) atoms. The first-order chi connectivity index (χ1) is 12.3. The number of thioether (sulfide) groups is 1. The molecular formula is C19H19F2N3OS. The maximum atomic E-state index is 14.0. The maximum Gasteiger partial charge on any atom is 0.266 e. The molecule has 4 nitrogen and oxygen atoms in total. The van der Waals surface area contributed by atoms with E-state index in [1.54, 1.807) is 14.1 Å². The molecule has 0 bridgehead atoms. The highest BCUT2D eigenvalue weighted by Crippen LogP contribution is 2.32. The van der Waals surface area contributed by atoms with Crippen LogP contribution in [0, 0.1) is 25.5 Å². The lowest BCUT2D eigenvalue weighted by molar-refractivity contribution is -0.121. The fourth-order valence-corrected chi connectivity index (χ4v) is 3.85. The van der Waals surface area contributed by atoms with Crippen LogP contribution in [-0.4, -0.2) is 34.6 Å². The van der Waals surface area contributed by atoms with E-state index in [1.165, 1.54) is 28.8 Å². The molecular weight excluding hydrogens is 356 g/mol. The van der Waals surface area contributed by atoms with Crippen LogP contribution < -0.4 is 0 Å². The molecule has 0 N–H and O–H groups in total. The van der Waals surface area contributed by atoms with Crippen molar-refractivity contribution < 1.29 is 13.6 Å². The molecule has 7 heteroatoms. The lowest BCUT2D eigenvalue weighted by atomic mass is 10.2. The molecule has 2 aromatic rings. The van der Waals surface area contributed by atoms with Gasteiger partial charge in [-0.15, -0.1) is 0 Å². The van der Waals surface area contributed by atoms with Crippen molar-refractivity contribution in [2.24, 2.45) is 4.99 Å². The van der Waals surface area contributed by atoms with Gasteiger partial charge in [-0.05, 0) is 49.4 Å². The zero-order valence-corrected chi connectivity index (χ0v) is 15.8. The molecule has 1 aromatic carbocycles. The Balaban J connectivity index is 1.94. The number of hydrogen-bond acceptors (Lipinski definition) is 3. The summed E-state index contributed by atoms with van der Waals surface area (Å²) in [5, 5.41) is 0.656. The van der Waals surface area contributed by atoms with Crippen LogP contribution in [0.1, 0.15) is 22.5 Å². The number of carbonyl (C=O) groups is 1. The molecule has 1 fully saturated rings. The third kappa shape index (κ3) is 3.31. The minimum Gasteiger partial charge on any atom is -0.344 e. The molecule has 2 heterocycles. The molecule has 0 atom stereocenters. The van der Waals surface area contributed by atoms with Gasteiger partial charge in [0.25, 0.3) is 5.91 Å². The normalized spacial score (nSPS) is 17.8. The fraction of sp³-hybridized carbons (Fsp3) is 0.263. The number of nitrogens with zero attached hydrogens (tertiary/aromatic N) is 3. The Hall–Kier alpha value is -2.41. The standard InChI is InChI=1S/C19H19F2N3OS/c1-11-7-14(8-17-18(25)23(4)19(22-3)26-17)12(2)24(11)10-13-5-6-15(20)9-16(13)21/h5-9H,10H2,1-4H3/b17-8+,22-19?. The van der Waals surface area contributed by atoms with Gasteiger partial charge in [0.2, 0.25) is 0 Å². The summed E-state index contributed by atoms with van der Waals surface area (Å²) in [5.74, 6) is -1.25. The van der Waals surface area contributed by atoms with E-state index in [2.05, 4.69) is 4.99 Å². The zero-order chi connectivity index (χ0) is 19.0.